The molecule has 1 amide bonds. The van der Waals surface area contributed by atoms with E-state index in [0.717, 1.165) is 57.9 Å². The van der Waals surface area contributed by atoms with Crippen LogP contribution in [0.4, 0.5) is 0 Å². The zero-order chi connectivity index (χ0) is 18.1. The van der Waals surface area contributed by atoms with E-state index in [1.54, 1.807) is 7.05 Å². The van der Waals surface area contributed by atoms with E-state index in [-0.39, 0.29) is 11.8 Å². The van der Waals surface area contributed by atoms with E-state index >= 15 is 0 Å². The van der Waals surface area contributed by atoms with Gasteiger partial charge in [0.1, 0.15) is 0 Å². The van der Waals surface area contributed by atoms with E-state index in [4.69, 9.17) is 5.73 Å². The van der Waals surface area contributed by atoms with Crippen LogP contribution < -0.4 is 16.4 Å². The number of piperidine rings is 1. The van der Waals surface area contributed by atoms with Crippen LogP contribution in [0.25, 0.3) is 0 Å². The number of rotatable bonds is 7. The summed E-state index contributed by atoms with van der Waals surface area (Å²) < 4.78 is 0. The monoisotopic (exact) mass is 345 g/mol. The van der Waals surface area contributed by atoms with Gasteiger partial charge in [0.25, 0.3) is 0 Å². The first-order chi connectivity index (χ1) is 12.1. The Labute approximate surface area is 150 Å². The molecule has 0 bridgehead atoms. The minimum absolute atomic E-state index is 0.0191. The second-order valence-electron chi connectivity index (χ2n) is 6.73. The number of hydrogen-bond donors (Lipinski definition) is 3. The zero-order valence-electron chi connectivity index (χ0n) is 15.4. The molecule has 2 rings (SSSR count). The number of carbonyl (C=O) groups is 1. The Bertz CT molecular complexity index is 570. The van der Waals surface area contributed by atoms with Crippen LogP contribution in [0.1, 0.15) is 30.4 Å². The molecule has 25 heavy (non-hydrogen) atoms. The van der Waals surface area contributed by atoms with E-state index < -0.39 is 0 Å². The van der Waals surface area contributed by atoms with Gasteiger partial charge in [-0.2, -0.15) is 0 Å². The first kappa shape index (κ1) is 19.2. The number of hydrogen-bond acceptors (Lipinski definition) is 3. The van der Waals surface area contributed by atoms with Gasteiger partial charge in [-0.15, -0.1) is 0 Å². The van der Waals surface area contributed by atoms with Gasteiger partial charge in [-0.05, 0) is 44.8 Å². The Hall–Kier alpha value is -2.08. The van der Waals surface area contributed by atoms with Crippen LogP contribution in [-0.2, 0) is 11.3 Å². The number of carbonyl (C=O) groups excluding carboxylic acids is 1. The van der Waals surface area contributed by atoms with Crippen LogP contribution in [0.15, 0.2) is 29.3 Å². The molecule has 1 aromatic carbocycles. The summed E-state index contributed by atoms with van der Waals surface area (Å²) in [5.74, 6) is 0.670. The summed E-state index contributed by atoms with van der Waals surface area (Å²) in [5, 5.41) is 6.67. The van der Waals surface area contributed by atoms with Gasteiger partial charge in [0.15, 0.2) is 5.96 Å². The van der Waals surface area contributed by atoms with Gasteiger partial charge in [0.05, 0.1) is 5.92 Å². The molecule has 1 atom stereocenters. The van der Waals surface area contributed by atoms with Crippen molar-refractivity contribution in [2.24, 2.45) is 16.6 Å². The van der Waals surface area contributed by atoms with Crippen molar-refractivity contribution < 1.29 is 4.79 Å². The quantitative estimate of drug-likeness (QED) is 0.395. The molecule has 6 nitrogen and oxygen atoms in total. The summed E-state index contributed by atoms with van der Waals surface area (Å²) in [6.45, 7) is 6.54. The lowest BCUT2D eigenvalue weighted by molar-refractivity contribution is -0.123. The van der Waals surface area contributed by atoms with Gasteiger partial charge in [0.2, 0.25) is 5.91 Å². The van der Waals surface area contributed by atoms with Crippen molar-refractivity contribution >= 4 is 11.9 Å². The van der Waals surface area contributed by atoms with E-state index in [1.165, 1.54) is 11.1 Å². The average molecular weight is 345 g/mol. The van der Waals surface area contributed by atoms with Crippen LogP contribution in [0, 0.1) is 12.8 Å². The number of guanidine groups is 1. The molecule has 0 aliphatic carbocycles. The average Bonchev–Trinajstić information content (AvgIpc) is 2.62. The van der Waals surface area contributed by atoms with Gasteiger partial charge in [0, 0.05) is 26.7 Å². The second kappa shape index (κ2) is 10.0. The first-order valence-corrected chi connectivity index (χ1v) is 9.10. The molecular weight excluding hydrogens is 314 g/mol. The number of likely N-dealkylation sites (tertiary alicyclic amines) is 1. The fourth-order valence-corrected chi connectivity index (χ4v) is 3.11. The fourth-order valence-electron chi connectivity index (χ4n) is 3.11. The maximum atomic E-state index is 11.3. The lowest BCUT2D eigenvalue weighted by Gasteiger charge is -2.31. The number of aryl methyl sites for hydroxylation is 1. The van der Waals surface area contributed by atoms with Crippen molar-refractivity contribution in [2.75, 3.05) is 33.2 Å². The van der Waals surface area contributed by atoms with E-state index in [1.807, 2.05) is 0 Å². The summed E-state index contributed by atoms with van der Waals surface area (Å²) in [5.41, 5.74) is 7.93. The Morgan fingerprint density at radius 3 is 2.76 bits per heavy atom. The smallest absolute Gasteiger partial charge is 0.221 e. The molecule has 1 fully saturated rings. The zero-order valence-corrected chi connectivity index (χ0v) is 15.4. The molecule has 1 saturated heterocycles. The Kier molecular flexibility index (Phi) is 7.73. The van der Waals surface area contributed by atoms with Gasteiger partial charge >= 0.3 is 0 Å². The third-order valence-corrected chi connectivity index (χ3v) is 4.66. The maximum Gasteiger partial charge on any atom is 0.221 e. The predicted octanol–water partition coefficient (Wildman–Crippen LogP) is 1.25. The molecule has 1 aliphatic rings. The van der Waals surface area contributed by atoms with Gasteiger partial charge in [-0.3, -0.25) is 9.79 Å². The Balaban J connectivity index is 1.64. The first-order valence-electron chi connectivity index (χ1n) is 9.10. The molecule has 0 aromatic heterocycles. The number of nitrogens with zero attached hydrogens (tertiary/aromatic N) is 2. The normalized spacial score (nSPS) is 18.8. The molecule has 1 aromatic rings. The topological polar surface area (TPSA) is 82.8 Å². The molecule has 1 aliphatic heterocycles. The summed E-state index contributed by atoms with van der Waals surface area (Å²) in [6.07, 6.45) is 3.00. The third kappa shape index (κ3) is 6.74. The molecule has 1 unspecified atom stereocenters. The van der Waals surface area contributed by atoms with Crippen LogP contribution in [0.3, 0.4) is 0 Å². The highest BCUT2D eigenvalue weighted by Gasteiger charge is 2.23. The number of benzene rings is 1. The van der Waals surface area contributed by atoms with Gasteiger partial charge in [-0.25, -0.2) is 0 Å². The van der Waals surface area contributed by atoms with E-state index in [0.29, 0.717) is 0 Å². The minimum atomic E-state index is -0.163. The number of amides is 1. The molecule has 4 N–H and O–H groups in total. The van der Waals surface area contributed by atoms with Crippen LogP contribution in [0.5, 0.6) is 0 Å². The largest absolute Gasteiger partial charge is 0.369 e. The Morgan fingerprint density at radius 1 is 1.32 bits per heavy atom. The summed E-state index contributed by atoms with van der Waals surface area (Å²) >= 11 is 0. The molecule has 1 heterocycles. The van der Waals surface area contributed by atoms with Crippen LogP contribution in [0.2, 0.25) is 0 Å². The number of nitrogens with two attached hydrogens (primary N) is 1. The standard InChI is InChI=1S/C19H31N5O/c1-15-6-8-16(9-7-15)13-23-19(21-2)22-10-4-12-24-11-3-5-17(14-24)18(20)25/h6-9,17H,3-5,10-14H2,1-2H3,(H2,20,25)(H2,21,22,23). The molecular formula is C19H31N5O. The lowest BCUT2D eigenvalue weighted by atomic mass is 9.97. The van der Waals surface area contributed by atoms with Crippen molar-refractivity contribution in [3.8, 4) is 0 Å². The molecule has 6 heteroatoms. The van der Waals surface area contributed by atoms with Gasteiger partial charge < -0.3 is 21.3 Å². The summed E-state index contributed by atoms with van der Waals surface area (Å²) in [7, 11) is 1.78. The molecule has 138 valence electrons. The molecule has 0 saturated carbocycles. The predicted molar refractivity (Wildman–Crippen MR) is 102 cm³/mol. The molecule has 0 spiro atoms. The number of aliphatic imine (C=N–C) groups is 1. The van der Waals surface area contributed by atoms with Crippen molar-refractivity contribution in [3.63, 3.8) is 0 Å². The van der Waals surface area contributed by atoms with Crippen molar-refractivity contribution in [1.82, 2.24) is 15.5 Å². The van der Waals surface area contributed by atoms with Crippen LogP contribution in [-0.4, -0.2) is 50.0 Å². The van der Waals surface area contributed by atoms with E-state index in [2.05, 4.69) is 51.7 Å². The highest BCUT2D eigenvalue weighted by molar-refractivity contribution is 5.79. The maximum absolute atomic E-state index is 11.3. The highest BCUT2D eigenvalue weighted by atomic mass is 16.1. The van der Waals surface area contributed by atoms with Crippen molar-refractivity contribution in [2.45, 2.75) is 32.7 Å². The summed E-state index contributed by atoms with van der Waals surface area (Å²) in [6, 6.07) is 8.48. The van der Waals surface area contributed by atoms with E-state index in [9.17, 15) is 4.79 Å². The highest BCUT2D eigenvalue weighted by Crippen LogP contribution is 2.15. The third-order valence-electron chi connectivity index (χ3n) is 4.66. The lowest BCUT2D eigenvalue weighted by Crippen LogP contribution is -2.42. The number of primary amides is 1. The van der Waals surface area contributed by atoms with Crippen molar-refractivity contribution in [1.29, 1.82) is 0 Å². The summed E-state index contributed by atoms with van der Waals surface area (Å²) in [4.78, 5) is 17.9. The SMILES string of the molecule is CN=C(NCCCN1CCCC(C(N)=O)C1)NCc1ccc(C)cc1. The fraction of sp³-hybridized carbons (Fsp3) is 0.579. The number of nitrogens with one attached hydrogen (secondary N) is 2. The van der Waals surface area contributed by atoms with Gasteiger partial charge in [-0.1, -0.05) is 29.8 Å². The second-order valence-corrected chi connectivity index (χ2v) is 6.73. The van der Waals surface area contributed by atoms with Crippen molar-refractivity contribution in [3.05, 3.63) is 35.4 Å². The Morgan fingerprint density at radius 2 is 2.08 bits per heavy atom. The van der Waals surface area contributed by atoms with Crippen LogP contribution >= 0.6 is 0 Å². The molecule has 0 radical (unpaired) electrons. The minimum Gasteiger partial charge on any atom is -0.369 e.